The Morgan fingerprint density at radius 1 is 1.38 bits per heavy atom. The van der Waals surface area contributed by atoms with E-state index in [1.807, 2.05) is 26.8 Å². The first kappa shape index (κ1) is 16.2. The molecule has 0 spiro atoms. The van der Waals surface area contributed by atoms with Gasteiger partial charge in [0.1, 0.15) is 12.4 Å². The van der Waals surface area contributed by atoms with Gasteiger partial charge in [-0.2, -0.15) is 5.10 Å². The summed E-state index contributed by atoms with van der Waals surface area (Å²) in [5.41, 5.74) is 0.469. The van der Waals surface area contributed by atoms with Crippen molar-refractivity contribution in [3.63, 3.8) is 0 Å². The lowest BCUT2D eigenvalue weighted by molar-refractivity contribution is -0.123. The number of aromatic amines is 1. The topological polar surface area (TPSA) is 102 Å². The minimum Gasteiger partial charge on any atom is -0.446 e. The van der Waals surface area contributed by atoms with Gasteiger partial charge in [0.25, 0.3) is 0 Å². The van der Waals surface area contributed by atoms with E-state index < -0.39 is 11.5 Å². The van der Waals surface area contributed by atoms with Gasteiger partial charge in [0.2, 0.25) is 5.91 Å². The Kier molecular flexibility index (Phi) is 4.13. The number of imidazole rings is 1. The maximum atomic E-state index is 12.0. The lowest BCUT2D eigenvalue weighted by atomic mass is 9.80. The summed E-state index contributed by atoms with van der Waals surface area (Å²) < 4.78 is 6.69. The number of amides is 1. The molecule has 1 aliphatic carbocycles. The van der Waals surface area contributed by atoms with E-state index in [0.717, 1.165) is 18.5 Å². The van der Waals surface area contributed by atoms with Crippen LogP contribution in [0, 0.1) is 5.41 Å². The van der Waals surface area contributed by atoms with Crippen molar-refractivity contribution in [1.29, 1.82) is 0 Å². The minimum atomic E-state index is -0.470. The van der Waals surface area contributed by atoms with Crippen LogP contribution in [0.4, 0.5) is 10.6 Å². The second kappa shape index (κ2) is 6.10. The van der Waals surface area contributed by atoms with E-state index in [0.29, 0.717) is 5.82 Å². The molecular formula is C16H21N5O3. The second-order valence-electron chi connectivity index (χ2n) is 7.06. The summed E-state index contributed by atoms with van der Waals surface area (Å²) in [5, 5.41) is 9.86. The van der Waals surface area contributed by atoms with E-state index in [2.05, 4.69) is 20.5 Å². The first-order valence-electron chi connectivity index (χ1n) is 7.88. The van der Waals surface area contributed by atoms with Gasteiger partial charge in [-0.1, -0.05) is 20.8 Å². The number of hydrogen-bond donors (Lipinski definition) is 2. The highest BCUT2D eigenvalue weighted by Gasteiger charge is 2.35. The van der Waals surface area contributed by atoms with Gasteiger partial charge in [0.05, 0.1) is 0 Å². The third-order valence-electron chi connectivity index (χ3n) is 4.04. The summed E-state index contributed by atoms with van der Waals surface area (Å²) in [6.45, 7) is 5.54. The molecule has 3 rings (SSSR count). The van der Waals surface area contributed by atoms with Crippen molar-refractivity contribution in [3.8, 4) is 0 Å². The molecule has 2 aromatic heterocycles. The number of aromatic nitrogens is 4. The van der Waals surface area contributed by atoms with Crippen molar-refractivity contribution in [1.82, 2.24) is 19.7 Å². The number of H-pyrrole nitrogens is 1. The van der Waals surface area contributed by atoms with Crippen LogP contribution in [-0.2, 0) is 9.53 Å². The van der Waals surface area contributed by atoms with Gasteiger partial charge in [-0.3, -0.25) is 9.89 Å². The molecule has 8 heteroatoms. The normalized spacial score (nSPS) is 20.3. The Balaban J connectivity index is 1.50. The Labute approximate surface area is 139 Å². The molecule has 1 aliphatic rings. The minimum absolute atomic E-state index is 0.0821. The first-order chi connectivity index (χ1) is 11.3. The van der Waals surface area contributed by atoms with Gasteiger partial charge < -0.3 is 10.1 Å². The molecule has 8 nitrogen and oxygen atoms in total. The molecule has 2 heterocycles. The SMILES string of the molecule is CC(C)(C)C(=O)Nc1cc([C@H]2C[C@@H](OC(=O)n3ccnc3)C2)[nH]n1. The van der Waals surface area contributed by atoms with Gasteiger partial charge >= 0.3 is 6.09 Å². The number of rotatable bonds is 3. The Bertz CT molecular complexity index is 723. The van der Waals surface area contributed by atoms with E-state index in [9.17, 15) is 9.59 Å². The molecule has 0 aliphatic heterocycles. The van der Waals surface area contributed by atoms with E-state index in [1.54, 1.807) is 6.20 Å². The molecule has 2 N–H and O–H groups in total. The molecule has 2 aromatic rings. The third kappa shape index (κ3) is 3.47. The van der Waals surface area contributed by atoms with Crippen LogP contribution in [-0.4, -0.2) is 37.9 Å². The Morgan fingerprint density at radius 3 is 2.75 bits per heavy atom. The predicted molar refractivity (Wildman–Crippen MR) is 86.5 cm³/mol. The summed E-state index contributed by atoms with van der Waals surface area (Å²) in [7, 11) is 0. The number of nitrogens with one attached hydrogen (secondary N) is 2. The predicted octanol–water partition coefficient (Wildman–Crippen LogP) is 2.52. The van der Waals surface area contributed by atoms with Crippen LogP contribution in [0.5, 0.6) is 0 Å². The molecular weight excluding hydrogens is 310 g/mol. The maximum absolute atomic E-state index is 12.0. The highest BCUT2D eigenvalue weighted by Crippen LogP contribution is 2.38. The highest BCUT2D eigenvalue weighted by molar-refractivity contribution is 5.93. The number of hydrogen-bond acceptors (Lipinski definition) is 5. The van der Waals surface area contributed by atoms with Crippen LogP contribution >= 0.6 is 0 Å². The Hall–Kier alpha value is -2.64. The molecule has 0 radical (unpaired) electrons. The zero-order valence-electron chi connectivity index (χ0n) is 13.9. The van der Waals surface area contributed by atoms with Crippen molar-refractivity contribution >= 4 is 17.8 Å². The molecule has 1 saturated carbocycles. The van der Waals surface area contributed by atoms with Crippen LogP contribution in [0.25, 0.3) is 0 Å². The second-order valence-corrected chi connectivity index (χ2v) is 7.06. The molecule has 0 atom stereocenters. The van der Waals surface area contributed by atoms with Crippen LogP contribution in [0.1, 0.15) is 45.2 Å². The van der Waals surface area contributed by atoms with Crippen molar-refractivity contribution < 1.29 is 14.3 Å². The summed E-state index contributed by atoms with van der Waals surface area (Å²) in [4.78, 5) is 27.6. The summed E-state index contributed by atoms with van der Waals surface area (Å²) in [5.74, 6) is 0.684. The molecule has 0 unspecified atom stereocenters. The average molecular weight is 331 g/mol. The van der Waals surface area contributed by atoms with Crippen molar-refractivity contribution in [2.45, 2.75) is 45.6 Å². The molecule has 128 valence electrons. The van der Waals surface area contributed by atoms with Crippen LogP contribution in [0.3, 0.4) is 0 Å². The lowest BCUT2D eigenvalue weighted by Crippen LogP contribution is -2.33. The van der Waals surface area contributed by atoms with E-state index in [1.165, 1.54) is 17.1 Å². The van der Waals surface area contributed by atoms with E-state index in [-0.39, 0.29) is 17.9 Å². The fourth-order valence-electron chi connectivity index (χ4n) is 2.40. The molecule has 24 heavy (non-hydrogen) atoms. The van der Waals surface area contributed by atoms with Crippen LogP contribution < -0.4 is 5.32 Å². The molecule has 1 fully saturated rings. The molecule has 1 amide bonds. The number of nitrogens with zero attached hydrogens (tertiary/aromatic N) is 3. The molecule has 0 aromatic carbocycles. The smallest absolute Gasteiger partial charge is 0.419 e. The number of anilines is 1. The zero-order valence-corrected chi connectivity index (χ0v) is 13.9. The maximum Gasteiger partial charge on any atom is 0.419 e. The van der Waals surface area contributed by atoms with Gasteiger partial charge in [0.15, 0.2) is 5.82 Å². The summed E-state index contributed by atoms with van der Waals surface area (Å²) in [6.07, 6.45) is 5.43. The van der Waals surface area contributed by atoms with E-state index >= 15 is 0 Å². The quantitative estimate of drug-likeness (QED) is 0.900. The van der Waals surface area contributed by atoms with Crippen molar-refractivity contribution in [2.75, 3.05) is 5.32 Å². The Morgan fingerprint density at radius 2 is 2.12 bits per heavy atom. The monoisotopic (exact) mass is 331 g/mol. The fraction of sp³-hybridized carbons (Fsp3) is 0.500. The molecule has 0 bridgehead atoms. The number of ether oxygens (including phenoxy) is 1. The van der Waals surface area contributed by atoms with Crippen LogP contribution in [0.2, 0.25) is 0 Å². The first-order valence-corrected chi connectivity index (χ1v) is 7.88. The summed E-state index contributed by atoms with van der Waals surface area (Å²) >= 11 is 0. The summed E-state index contributed by atoms with van der Waals surface area (Å²) in [6, 6.07) is 1.84. The average Bonchev–Trinajstić information content (AvgIpc) is 3.12. The standard InChI is InChI=1S/C16H21N5O3/c1-16(2,3)14(22)18-13-8-12(19-20-13)10-6-11(7-10)24-15(23)21-5-4-17-9-21/h4-5,8-11H,6-7H2,1-3H3,(H2,18,19,20,22)/t10-,11+. The van der Waals surface area contributed by atoms with E-state index in [4.69, 9.17) is 4.74 Å². The fourth-order valence-corrected chi connectivity index (χ4v) is 2.40. The van der Waals surface area contributed by atoms with Gasteiger partial charge in [-0.05, 0) is 12.8 Å². The largest absolute Gasteiger partial charge is 0.446 e. The lowest BCUT2D eigenvalue weighted by Gasteiger charge is -2.33. The van der Waals surface area contributed by atoms with Gasteiger partial charge in [-0.25, -0.2) is 14.3 Å². The number of carbonyl (C=O) groups is 2. The van der Waals surface area contributed by atoms with Crippen molar-refractivity contribution in [3.05, 3.63) is 30.5 Å². The van der Waals surface area contributed by atoms with Crippen LogP contribution in [0.15, 0.2) is 24.8 Å². The third-order valence-corrected chi connectivity index (χ3v) is 4.04. The van der Waals surface area contributed by atoms with Crippen molar-refractivity contribution in [2.24, 2.45) is 5.41 Å². The highest BCUT2D eigenvalue weighted by atomic mass is 16.6. The molecule has 0 saturated heterocycles. The van der Waals surface area contributed by atoms with Gasteiger partial charge in [0, 0.05) is 35.5 Å². The zero-order chi connectivity index (χ0) is 17.3. The van der Waals surface area contributed by atoms with Gasteiger partial charge in [-0.15, -0.1) is 0 Å². The number of carbonyl (C=O) groups excluding carboxylic acids is 2.